The summed E-state index contributed by atoms with van der Waals surface area (Å²) >= 11 is 0. The van der Waals surface area contributed by atoms with E-state index >= 15 is 0 Å². The van der Waals surface area contributed by atoms with E-state index in [0.29, 0.717) is 16.8 Å². The highest BCUT2D eigenvalue weighted by atomic mass is 19.4. The predicted octanol–water partition coefficient (Wildman–Crippen LogP) is 4.72. The Kier molecular flexibility index (Phi) is 5.07. The molecule has 0 aliphatic carbocycles. The van der Waals surface area contributed by atoms with Crippen LogP contribution in [0.25, 0.3) is 0 Å². The molecule has 2 aromatic carbocycles. The van der Waals surface area contributed by atoms with Crippen LogP contribution in [0.5, 0.6) is 6.01 Å². The molecule has 4 rings (SSSR count). The summed E-state index contributed by atoms with van der Waals surface area (Å²) in [6, 6.07) is 14.9. The normalized spacial score (nSPS) is 15.7. The molecule has 1 unspecified atom stereocenters. The third-order valence-corrected chi connectivity index (χ3v) is 5.13. The SMILES string of the molecule is COc1nc2n(n1)C(c1ccc(C#N)cc1)C(C#N)=C(C)N2c1cccc(C(F)(F)F)c1. The Morgan fingerprint density at radius 2 is 1.78 bits per heavy atom. The third-order valence-electron chi connectivity index (χ3n) is 5.13. The Labute approximate surface area is 181 Å². The number of hydrogen-bond acceptors (Lipinski definition) is 6. The van der Waals surface area contributed by atoms with Crippen molar-refractivity contribution < 1.29 is 17.9 Å². The molecule has 10 heteroatoms. The Morgan fingerprint density at radius 1 is 1.06 bits per heavy atom. The second-order valence-corrected chi connectivity index (χ2v) is 6.97. The maximum atomic E-state index is 13.3. The summed E-state index contributed by atoms with van der Waals surface area (Å²) in [6.45, 7) is 1.64. The van der Waals surface area contributed by atoms with Crippen molar-refractivity contribution >= 4 is 11.6 Å². The smallest absolute Gasteiger partial charge is 0.416 e. The van der Waals surface area contributed by atoms with Gasteiger partial charge in [0.05, 0.1) is 35.9 Å². The van der Waals surface area contributed by atoms with Crippen LogP contribution in [-0.2, 0) is 6.18 Å². The van der Waals surface area contributed by atoms with Crippen LogP contribution >= 0.6 is 0 Å². The van der Waals surface area contributed by atoms with Crippen LogP contribution in [-0.4, -0.2) is 21.9 Å². The highest BCUT2D eigenvalue weighted by molar-refractivity contribution is 5.69. The lowest BCUT2D eigenvalue weighted by molar-refractivity contribution is -0.137. The van der Waals surface area contributed by atoms with Crippen LogP contribution in [0, 0.1) is 22.7 Å². The van der Waals surface area contributed by atoms with Crippen LogP contribution in [0.3, 0.4) is 0 Å². The van der Waals surface area contributed by atoms with Gasteiger partial charge in [-0.1, -0.05) is 18.2 Å². The molecule has 0 saturated carbocycles. The van der Waals surface area contributed by atoms with Crippen molar-refractivity contribution in [3.05, 3.63) is 76.5 Å². The van der Waals surface area contributed by atoms with Gasteiger partial charge in [0.15, 0.2) is 0 Å². The van der Waals surface area contributed by atoms with Gasteiger partial charge in [0, 0.05) is 11.4 Å². The van der Waals surface area contributed by atoms with Crippen LogP contribution in [0.4, 0.5) is 24.8 Å². The van der Waals surface area contributed by atoms with Crippen molar-refractivity contribution in [3.63, 3.8) is 0 Å². The molecule has 0 N–H and O–H groups in total. The van der Waals surface area contributed by atoms with Gasteiger partial charge in [-0.05, 0) is 42.8 Å². The number of aromatic nitrogens is 3. The summed E-state index contributed by atoms with van der Waals surface area (Å²) in [5.74, 6) is 0.201. The molecule has 0 fully saturated rings. The van der Waals surface area contributed by atoms with Gasteiger partial charge >= 0.3 is 12.2 Å². The van der Waals surface area contributed by atoms with Crippen molar-refractivity contribution in [1.82, 2.24) is 14.8 Å². The highest BCUT2D eigenvalue weighted by Gasteiger charge is 2.37. The van der Waals surface area contributed by atoms with E-state index in [9.17, 15) is 18.4 Å². The van der Waals surface area contributed by atoms with Gasteiger partial charge in [0.2, 0.25) is 5.95 Å². The lowest BCUT2D eigenvalue weighted by atomic mass is 9.95. The molecule has 0 saturated heterocycles. The zero-order chi connectivity index (χ0) is 23.0. The maximum absolute atomic E-state index is 13.3. The third kappa shape index (κ3) is 3.42. The molecular formula is C22H15F3N6O. The molecule has 0 radical (unpaired) electrons. The number of allylic oxidation sites excluding steroid dienone is 2. The first kappa shape index (κ1) is 20.9. The molecule has 1 aromatic heterocycles. The zero-order valence-corrected chi connectivity index (χ0v) is 16.9. The zero-order valence-electron chi connectivity index (χ0n) is 16.9. The van der Waals surface area contributed by atoms with E-state index in [-0.39, 0.29) is 23.2 Å². The minimum absolute atomic E-state index is 0.00242. The number of nitriles is 2. The van der Waals surface area contributed by atoms with Gasteiger partial charge in [-0.3, -0.25) is 4.90 Å². The van der Waals surface area contributed by atoms with Crippen molar-refractivity contribution in [2.45, 2.75) is 19.1 Å². The molecular weight excluding hydrogens is 421 g/mol. The average molecular weight is 436 g/mol. The maximum Gasteiger partial charge on any atom is 0.416 e. The van der Waals surface area contributed by atoms with Crippen molar-refractivity contribution in [3.8, 4) is 18.1 Å². The molecule has 0 spiro atoms. The number of benzene rings is 2. The minimum atomic E-state index is -4.53. The summed E-state index contributed by atoms with van der Waals surface area (Å²) in [6.07, 6.45) is -4.53. The summed E-state index contributed by atoms with van der Waals surface area (Å²) in [4.78, 5) is 5.77. The monoisotopic (exact) mass is 436 g/mol. The number of alkyl halides is 3. The molecule has 3 aromatic rings. The quantitative estimate of drug-likeness (QED) is 0.590. The molecule has 0 bridgehead atoms. The van der Waals surface area contributed by atoms with Crippen molar-refractivity contribution in [2.75, 3.05) is 12.0 Å². The van der Waals surface area contributed by atoms with Gasteiger partial charge in [-0.25, -0.2) is 4.68 Å². The van der Waals surface area contributed by atoms with Crippen LogP contribution in [0.2, 0.25) is 0 Å². The number of halogens is 3. The van der Waals surface area contributed by atoms with E-state index < -0.39 is 17.8 Å². The predicted molar refractivity (Wildman–Crippen MR) is 108 cm³/mol. The van der Waals surface area contributed by atoms with E-state index in [1.165, 1.54) is 28.8 Å². The van der Waals surface area contributed by atoms with E-state index in [2.05, 4.69) is 16.2 Å². The number of nitrogens with zero attached hydrogens (tertiary/aromatic N) is 6. The first-order valence-corrected chi connectivity index (χ1v) is 9.37. The standard InChI is InChI=1S/C22H15F3N6O/c1-13-18(12-27)19(15-8-6-14(11-26)7-9-15)31-21(28-20(29-31)32-2)30(13)17-5-3-4-16(10-17)22(23,24)25/h3-10,19H,1-2H3. The van der Waals surface area contributed by atoms with Gasteiger partial charge in [-0.15, -0.1) is 5.10 Å². The fourth-order valence-corrected chi connectivity index (χ4v) is 3.62. The fourth-order valence-electron chi connectivity index (χ4n) is 3.62. The highest BCUT2D eigenvalue weighted by Crippen LogP contribution is 2.43. The summed E-state index contributed by atoms with van der Waals surface area (Å²) in [5.41, 5.74) is 1.15. The summed E-state index contributed by atoms with van der Waals surface area (Å²) < 4.78 is 46.5. The van der Waals surface area contributed by atoms with Gasteiger partial charge in [-0.2, -0.15) is 28.7 Å². The van der Waals surface area contributed by atoms with E-state index in [1.807, 2.05) is 6.07 Å². The second-order valence-electron chi connectivity index (χ2n) is 6.97. The van der Waals surface area contributed by atoms with E-state index in [4.69, 9.17) is 10.00 Å². The number of anilines is 2. The lowest BCUT2D eigenvalue weighted by Gasteiger charge is -2.34. The largest absolute Gasteiger partial charge is 0.466 e. The molecule has 1 aliphatic heterocycles. The van der Waals surface area contributed by atoms with Crippen LogP contribution < -0.4 is 9.64 Å². The first-order chi connectivity index (χ1) is 15.3. The molecule has 160 valence electrons. The number of hydrogen-bond donors (Lipinski definition) is 0. The Bertz CT molecular complexity index is 1290. The van der Waals surface area contributed by atoms with Crippen LogP contribution in [0.15, 0.2) is 59.8 Å². The second kappa shape index (κ2) is 7.75. The summed E-state index contributed by atoms with van der Waals surface area (Å²) in [5, 5.41) is 23.4. The van der Waals surface area contributed by atoms with Gasteiger partial charge in [0.25, 0.3) is 0 Å². The molecule has 32 heavy (non-hydrogen) atoms. The number of fused-ring (bicyclic) bond motifs is 1. The topological polar surface area (TPSA) is 90.8 Å². The van der Waals surface area contributed by atoms with Crippen molar-refractivity contribution in [1.29, 1.82) is 10.5 Å². The average Bonchev–Trinajstić information content (AvgIpc) is 3.21. The van der Waals surface area contributed by atoms with Crippen molar-refractivity contribution in [2.24, 2.45) is 0 Å². The van der Waals surface area contributed by atoms with E-state index in [0.717, 1.165) is 12.1 Å². The molecule has 7 nitrogen and oxygen atoms in total. The number of ether oxygens (including phenoxy) is 1. The Balaban J connectivity index is 1.94. The van der Waals surface area contributed by atoms with Crippen LogP contribution in [0.1, 0.15) is 29.7 Å². The number of rotatable bonds is 3. The Hall–Kier alpha value is -4.31. The van der Waals surface area contributed by atoms with Gasteiger partial charge < -0.3 is 4.74 Å². The molecule has 0 amide bonds. The van der Waals surface area contributed by atoms with Gasteiger partial charge in [0.1, 0.15) is 6.04 Å². The molecule has 2 heterocycles. The molecule has 1 aliphatic rings. The lowest BCUT2D eigenvalue weighted by Crippen LogP contribution is -2.31. The summed E-state index contributed by atoms with van der Waals surface area (Å²) in [7, 11) is 1.37. The van der Waals surface area contributed by atoms with E-state index in [1.54, 1.807) is 31.2 Å². The minimum Gasteiger partial charge on any atom is -0.466 e. The number of methoxy groups -OCH3 is 1. The molecule has 1 atom stereocenters. The first-order valence-electron chi connectivity index (χ1n) is 9.37. The fraction of sp³-hybridized carbons (Fsp3) is 0.182. The Morgan fingerprint density at radius 3 is 2.38 bits per heavy atom.